The standard InChI is InChI=1S/C21H21FN2O/c22-20-12-15(14-23)4-7-21(20)25-19-6-5-16-8-10-24(18-2-1-3-18)11-9-17(16)13-19/h4-7,12-13,18H,1-3,8-11H2. The van der Waals surface area contributed by atoms with E-state index in [2.05, 4.69) is 11.0 Å². The van der Waals surface area contributed by atoms with Gasteiger partial charge in [-0.15, -0.1) is 0 Å². The van der Waals surface area contributed by atoms with Gasteiger partial charge in [-0.1, -0.05) is 12.5 Å². The van der Waals surface area contributed by atoms with Crippen LogP contribution in [0.4, 0.5) is 4.39 Å². The van der Waals surface area contributed by atoms with Gasteiger partial charge < -0.3 is 4.74 Å². The highest BCUT2D eigenvalue weighted by Gasteiger charge is 2.26. The molecule has 0 radical (unpaired) electrons. The minimum Gasteiger partial charge on any atom is -0.454 e. The second-order valence-corrected chi connectivity index (χ2v) is 6.91. The Bertz CT molecular complexity index is 823. The van der Waals surface area contributed by atoms with Crippen molar-refractivity contribution in [3.8, 4) is 17.6 Å². The largest absolute Gasteiger partial charge is 0.454 e. The fourth-order valence-corrected chi connectivity index (χ4v) is 3.68. The first-order valence-corrected chi connectivity index (χ1v) is 8.96. The maximum absolute atomic E-state index is 14.0. The Morgan fingerprint density at radius 2 is 1.84 bits per heavy atom. The third kappa shape index (κ3) is 3.38. The Morgan fingerprint density at radius 3 is 2.52 bits per heavy atom. The summed E-state index contributed by atoms with van der Waals surface area (Å²) in [6.07, 6.45) is 6.11. The van der Waals surface area contributed by atoms with E-state index in [0.29, 0.717) is 11.3 Å². The summed E-state index contributed by atoms with van der Waals surface area (Å²) in [6, 6.07) is 13.0. The Kier molecular flexibility index (Phi) is 4.42. The van der Waals surface area contributed by atoms with Gasteiger partial charge in [-0.05, 0) is 67.1 Å². The molecule has 0 aromatic heterocycles. The topological polar surface area (TPSA) is 36.3 Å². The third-order valence-corrected chi connectivity index (χ3v) is 5.39. The molecule has 2 aliphatic rings. The van der Waals surface area contributed by atoms with Gasteiger partial charge in [0.25, 0.3) is 0 Å². The van der Waals surface area contributed by atoms with Crippen LogP contribution in [-0.2, 0) is 12.8 Å². The summed E-state index contributed by atoms with van der Waals surface area (Å²) < 4.78 is 19.8. The van der Waals surface area contributed by atoms with Gasteiger partial charge in [0, 0.05) is 19.1 Å². The first-order chi connectivity index (χ1) is 12.2. The Hall–Kier alpha value is -2.38. The lowest BCUT2D eigenvalue weighted by Crippen LogP contribution is -2.41. The smallest absolute Gasteiger partial charge is 0.167 e. The van der Waals surface area contributed by atoms with Gasteiger partial charge in [-0.25, -0.2) is 4.39 Å². The molecule has 128 valence electrons. The summed E-state index contributed by atoms with van der Waals surface area (Å²) in [7, 11) is 0. The lowest BCUT2D eigenvalue weighted by molar-refractivity contribution is 0.133. The predicted octanol–water partition coefficient (Wildman–Crippen LogP) is 4.44. The molecule has 1 aliphatic carbocycles. The number of nitriles is 1. The summed E-state index contributed by atoms with van der Waals surface area (Å²) in [5, 5.41) is 8.82. The summed E-state index contributed by atoms with van der Waals surface area (Å²) in [6.45, 7) is 2.22. The molecule has 2 aromatic carbocycles. The van der Waals surface area contributed by atoms with Gasteiger partial charge in [0.15, 0.2) is 11.6 Å². The van der Waals surface area contributed by atoms with Crippen LogP contribution in [0.1, 0.15) is 36.0 Å². The van der Waals surface area contributed by atoms with Crippen molar-refractivity contribution in [2.24, 2.45) is 0 Å². The van der Waals surface area contributed by atoms with Crippen LogP contribution in [0.15, 0.2) is 36.4 Å². The van der Waals surface area contributed by atoms with Crippen molar-refractivity contribution in [2.45, 2.75) is 38.1 Å². The molecular formula is C21H21FN2O. The molecule has 1 heterocycles. The SMILES string of the molecule is N#Cc1ccc(Oc2ccc3c(c2)CCN(C2CCC2)CC3)c(F)c1. The minimum absolute atomic E-state index is 0.156. The van der Waals surface area contributed by atoms with Gasteiger partial charge >= 0.3 is 0 Å². The molecular weight excluding hydrogens is 315 g/mol. The van der Waals surface area contributed by atoms with Gasteiger partial charge in [-0.2, -0.15) is 5.26 Å². The van der Waals surface area contributed by atoms with E-state index < -0.39 is 5.82 Å². The zero-order chi connectivity index (χ0) is 17.2. The summed E-state index contributed by atoms with van der Waals surface area (Å²) >= 11 is 0. The first-order valence-electron chi connectivity index (χ1n) is 8.96. The van der Waals surface area contributed by atoms with Crippen LogP contribution in [0.3, 0.4) is 0 Å². The molecule has 0 bridgehead atoms. The van der Waals surface area contributed by atoms with Gasteiger partial charge in [0.1, 0.15) is 5.75 Å². The molecule has 4 heteroatoms. The molecule has 1 saturated carbocycles. The van der Waals surface area contributed by atoms with Gasteiger partial charge in [-0.3, -0.25) is 4.90 Å². The highest BCUT2D eigenvalue weighted by atomic mass is 19.1. The van der Waals surface area contributed by atoms with Crippen molar-refractivity contribution < 1.29 is 9.13 Å². The van der Waals surface area contributed by atoms with E-state index in [-0.39, 0.29) is 5.75 Å². The van der Waals surface area contributed by atoms with Crippen LogP contribution >= 0.6 is 0 Å². The van der Waals surface area contributed by atoms with Crippen molar-refractivity contribution >= 4 is 0 Å². The van der Waals surface area contributed by atoms with E-state index in [9.17, 15) is 4.39 Å². The molecule has 4 rings (SSSR count). The van der Waals surface area contributed by atoms with E-state index >= 15 is 0 Å². The summed E-state index contributed by atoms with van der Waals surface area (Å²) in [5.74, 6) is 0.299. The van der Waals surface area contributed by atoms with Crippen LogP contribution in [-0.4, -0.2) is 24.0 Å². The Balaban J connectivity index is 1.50. The van der Waals surface area contributed by atoms with E-state index in [4.69, 9.17) is 10.00 Å². The lowest BCUT2D eigenvalue weighted by atomic mass is 9.91. The Morgan fingerprint density at radius 1 is 1.04 bits per heavy atom. The molecule has 2 aromatic rings. The Labute approximate surface area is 147 Å². The van der Waals surface area contributed by atoms with Crippen LogP contribution in [0.2, 0.25) is 0 Å². The number of halogens is 1. The number of ether oxygens (including phenoxy) is 1. The fourth-order valence-electron chi connectivity index (χ4n) is 3.68. The summed E-state index contributed by atoms with van der Waals surface area (Å²) in [5.41, 5.74) is 2.96. The molecule has 0 unspecified atom stereocenters. The number of hydrogen-bond acceptors (Lipinski definition) is 3. The van der Waals surface area contributed by atoms with Crippen molar-refractivity contribution in [3.05, 3.63) is 58.9 Å². The molecule has 0 amide bonds. The van der Waals surface area contributed by atoms with Crippen LogP contribution in [0.25, 0.3) is 0 Å². The molecule has 0 saturated heterocycles. The average Bonchev–Trinajstić information content (AvgIpc) is 2.78. The monoisotopic (exact) mass is 336 g/mol. The van der Waals surface area contributed by atoms with Crippen LogP contribution in [0, 0.1) is 17.1 Å². The molecule has 3 nitrogen and oxygen atoms in total. The molecule has 0 spiro atoms. The second kappa shape index (κ2) is 6.85. The van der Waals surface area contributed by atoms with Crippen LogP contribution in [0.5, 0.6) is 11.5 Å². The van der Waals surface area contributed by atoms with E-state index in [1.54, 1.807) is 6.07 Å². The highest BCUT2D eigenvalue weighted by Crippen LogP contribution is 2.30. The molecule has 25 heavy (non-hydrogen) atoms. The first kappa shape index (κ1) is 16.1. The van der Waals surface area contributed by atoms with Gasteiger partial charge in [0.05, 0.1) is 11.6 Å². The van der Waals surface area contributed by atoms with E-state index in [1.807, 2.05) is 18.2 Å². The lowest BCUT2D eigenvalue weighted by Gasteiger charge is -2.36. The molecule has 0 atom stereocenters. The highest BCUT2D eigenvalue weighted by molar-refractivity contribution is 5.42. The van der Waals surface area contributed by atoms with Crippen molar-refractivity contribution in [1.82, 2.24) is 4.90 Å². The number of rotatable bonds is 3. The molecule has 0 N–H and O–H groups in total. The normalized spacial score (nSPS) is 17.9. The number of nitrogens with zero attached hydrogens (tertiary/aromatic N) is 2. The van der Waals surface area contributed by atoms with Gasteiger partial charge in [0.2, 0.25) is 0 Å². The predicted molar refractivity (Wildman–Crippen MR) is 94.3 cm³/mol. The molecule has 1 fully saturated rings. The number of hydrogen-bond donors (Lipinski definition) is 0. The number of benzene rings is 2. The minimum atomic E-state index is -0.509. The zero-order valence-corrected chi connectivity index (χ0v) is 14.2. The van der Waals surface area contributed by atoms with E-state index in [0.717, 1.165) is 32.0 Å². The van der Waals surface area contributed by atoms with Crippen LogP contribution < -0.4 is 4.74 Å². The van der Waals surface area contributed by atoms with E-state index in [1.165, 1.54) is 42.5 Å². The molecule has 1 aliphatic heterocycles. The second-order valence-electron chi connectivity index (χ2n) is 6.91. The quantitative estimate of drug-likeness (QED) is 0.831. The van der Waals surface area contributed by atoms with Crippen molar-refractivity contribution in [3.63, 3.8) is 0 Å². The zero-order valence-electron chi connectivity index (χ0n) is 14.2. The summed E-state index contributed by atoms with van der Waals surface area (Å²) in [4.78, 5) is 2.62. The average molecular weight is 336 g/mol. The third-order valence-electron chi connectivity index (χ3n) is 5.39. The number of fused-ring (bicyclic) bond motifs is 1. The van der Waals surface area contributed by atoms with Crippen molar-refractivity contribution in [1.29, 1.82) is 5.26 Å². The van der Waals surface area contributed by atoms with Crippen molar-refractivity contribution in [2.75, 3.05) is 13.1 Å². The maximum atomic E-state index is 14.0. The maximum Gasteiger partial charge on any atom is 0.167 e. The fraction of sp³-hybridized carbons (Fsp3) is 0.381.